The lowest BCUT2D eigenvalue weighted by atomic mass is 10.1. The summed E-state index contributed by atoms with van der Waals surface area (Å²) in [6, 6.07) is 10.4. The van der Waals surface area contributed by atoms with Gasteiger partial charge in [-0.25, -0.2) is 9.78 Å². The van der Waals surface area contributed by atoms with E-state index in [1.54, 1.807) is 12.1 Å². The van der Waals surface area contributed by atoms with Gasteiger partial charge in [0.15, 0.2) is 5.82 Å². The second-order valence-electron chi connectivity index (χ2n) is 8.43. The SMILES string of the molecule is C#Cc1cc(Nc2nccc(Oc3ccc(NC(=O)Nc4cc(C(C)C)[nH]n4)c(Cl)c3Cl)n2)cc(C(N)=O)c1. The van der Waals surface area contributed by atoms with E-state index >= 15 is 0 Å². The van der Waals surface area contributed by atoms with Gasteiger partial charge in [-0.15, -0.1) is 6.42 Å². The van der Waals surface area contributed by atoms with E-state index in [4.69, 9.17) is 40.1 Å². The third-order valence-electron chi connectivity index (χ3n) is 5.24. The Bertz CT molecular complexity index is 1600. The lowest BCUT2D eigenvalue weighted by Gasteiger charge is -2.13. The van der Waals surface area contributed by atoms with Crippen LogP contribution in [0, 0.1) is 12.3 Å². The highest BCUT2D eigenvalue weighted by molar-refractivity contribution is 6.45. The predicted molar refractivity (Wildman–Crippen MR) is 150 cm³/mol. The Labute approximate surface area is 233 Å². The Morgan fingerprint density at radius 2 is 1.90 bits per heavy atom. The molecule has 2 heterocycles. The minimum atomic E-state index is -0.628. The van der Waals surface area contributed by atoms with Crippen LogP contribution in [-0.4, -0.2) is 32.1 Å². The van der Waals surface area contributed by atoms with Crippen molar-refractivity contribution in [2.75, 3.05) is 16.0 Å². The Kier molecular flexibility index (Phi) is 8.19. The molecular weight excluding hydrogens is 543 g/mol. The number of carbonyl (C=O) groups is 2. The number of carbonyl (C=O) groups excluding carboxylic acids is 2. The van der Waals surface area contributed by atoms with E-state index in [1.807, 2.05) is 13.8 Å². The number of urea groups is 1. The molecule has 2 aromatic heterocycles. The first kappa shape index (κ1) is 27.3. The zero-order chi connectivity index (χ0) is 28.1. The lowest BCUT2D eigenvalue weighted by Crippen LogP contribution is -2.19. The number of halogens is 2. The number of terminal acetylenes is 1. The summed E-state index contributed by atoms with van der Waals surface area (Å²) >= 11 is 12.8. The number of aromatic amines is 1. The molecule has 0 saturated carbocycles. The number of amides is 3. The first-order chi connectivity index (χ1) is 18.6. The van der Waals surface area contributed by atoms with Gasteiger partial charge in [-0.1, -0.05) is 43.0 Å². The summed E-state index contributed by atoms with van der Waals surface area (Å²) in [6.45, 7) is 4.00. The number of aromatic nitrogens is 4. The summed E-state index contributed by atoms with van der Waals surface area (Å²) in [5, 5.41) is 15.2. The number of benzene rings is 2. The van der Waals surface area contributed by atoms with Crippen LogP contribution in [0.25, 0.3) is 0 Å². The quantitative estimate of drug-likeness (QED) is 0.167. The van der Waals surface area contributed by atoms with Gasteiger partial charge < -0.3 is 21.1 Å². The maximum atomic E-state index is 12.4. The summed E-state index contributed by atoms with van der Waals surface area (Å²) in [5.74, 6) is 2.92. The van der Waals surface area contributed by atoms with Crippen LogP contribution in [0.3, 0.4) is 0 Å². The first-order valence-electron chi connectivity index (χ1n) is 11.4. The van der Waals surface area contributed by atoms with E-state index in [0.717, 1.165) is 5.69 Å². The number of nitrogens with two attached hydrogens (primary N) is 1. The second-order valence-corrected chi connectivity index (χ2v) is 9.19. The van der Waals surface area contributed by atoms with Gasteiger partial charge in [0.25, 0.3) is 0 Å². The van der Waals surface area contributed by atoms with Gasteiger partial charge in [-0.3, -0.25) is 15.2 Å². The number of anilines is 4. The molecule has 2 aromatic carbocycles. The molecule has 0 aliphatic carbocycles. The molecule has 4 aromatic rings. The molecule has 6 N–H and O–H groups in total. The molecule has 198 valence electrons. The number of primary amides is 1. The average molecular weight is 565 g/mol. The topological polar surface area (TPSA) is 160 Å². The van der Waals surface area contributed by atoms with Crippen LogP contribution in [0.15, 0.2) is 48.7 Å². The maximum Gasteiger partial charge on any atom is 0.324 e. The fourth-order valence-corrected chi connectivity index (χ4v) is 3.71. The molecule has 0 radical (unpaired) electrons. The molecule has 0 spiro atoms. The molecule has 0 saturated heterocycles. The van der Waals surface area contributed by atoms with Crippen LogP contribution >= 0.6 is 23.2 Å². The van der Waals surface area contributed by atoms with E-state index in [2.05, 4.69) is 42.0 Å². The van der Waals surface area contributed by atoms with E-state index in [0.29, 0.717) is 17.1 Å². The van der Waals surface area contributed by atoms with E-state index in [9.17, 15) is 9.59 Å². The van der Waals surface area contributed by atoms with Gasteiger partial charge in [-0.05, 0) is 36.2 Å². The number of hydrogen-bond donors (Lipinski definition) is 5. The molecule has 0 bridgehead atoms. The third kappa shape index (κ3) is 6.75. The molecule has 3 amide bonds. The van der Waals surface area contributed by atoms with Crippen LogP contribution in [0.2, 0.25) is 10.0 Å². The fourth-order valence-electron chi connectivity index (χ4n) is 3.30. The van der Waals surface area contributed by atoms with Crippen molar-refractivity contribution in [2.24, 2.45) is 5.73 Å². The van der Waals surface area contributed by atoms with E-state index < -0.39 is 11.9 Å². The third-order valence-corrected chi connectivity index (χ3v) is 6.11. The van der Waals surface area contributed by atoms with Gasteiger partial charge in [0, 0.05) is 40.8 Å². The number of rotatable bonds is 8. The molecular formula is C26H22Cl2N8O3. The van der Waals surface area contributed by atoms with Gasteiger partial charge >= 0.3 is 6.03 Å². The van der Waals surface area contributed by atoms with Gasteiger partial charge in [0.05, 0.1) is 10.7 Å². The standard InChI is InChI=1S/C26H22Cl2N8O3/c1-4-14-9-15(24(29)37)11-16(10-14)31-25-30-8-7-21(34-25)39-19-6-5-17(22(27)23(19)28)32-26(38)33-20-12-18(13(2)3)35-36-20/h1,5-13H,2-3H3,(H2,29,37)(H,30,31,34)(H3,32,33,35,36,38). The Morgan fingerprint density at radius 3 is 2.59 bits per heavy atom. The zero-order valence-corrected chi connectivity index (χ0v) is 22.2. The minimum Gasteiger partial charge on any atom is -0.437 e. The van der Waals surface area contributed by atoms with Crippen molar-refractivity contribution in [3.8, 4) is 24.0 Å². The molecule has 0 fully saturated rings. The van der Waals surface area contributed by atoms with Crippen molar-refractivity contribution >= 4 is 58.3 Å². The summed E-state index contributed by atoms with van der Waals surface area (Å²) in [5.41, 5.74) is 7.66. The van der Waals surface area contributed by atoms with Crippen molar-refractivity contribution in [1.82, 2.24) is 20.2 Å². The summed E-state index contributed by atoms with van der Waals surface area (Å²) < 4.78 is 5.80. The molecule has 4 rings (SSSR count). The number of ether oxygens (including phenoxy) is 1. The summed E-state index contributed by atoms with van der Waals surface area (Å²) in [4.78, 5) is 32.5. The Balaban J connectivity index is 1.46. The van der Waals surface area contributed by atoms with Crippen LogP contribution in [0.4, 0.5) is 27.9 Å². The molecule has 39 heavy (non-hydrogen) atoms. The van der Waals surface area contributed by atoms with Crippen LogP contribution in [-0.2, 0) is 0 Å². The fraction of sp³-hybridized carbons (Fsp3) is 0.115. The smallest absolute Gasteiger partial charge is 0.324 e. The van der Waals surface area contributed by atoms with E-state index in [-0.39, 0.29) is 44.8 Å². The monoisotopic (exact) mass is 564 g/mol. The number of nitrogens with one attached hydrogen (secondary N) is 4. The second kappa shape index (κ2) is 11.7. The highest BCUT2D eigenvalue weighted by atomic mass is 35.5. The predicted octanol–water partition coefficient (Wildman–Crippen LogP) is 5.89. The zero-order valence-electron chi connectivity index (χ0n) is 20.7. The molecule has 0 aliphatic rings. The molecule has 11 nitrogen and oxygen atoms in total. The molecule has 0 aliphatic heterocycles. The van der Waals surface area contributed by atoms with Crippen molar-refractivity contribution in [1.29, 1.82) is 0 Å². The molecule has 0 atom stereocenters. The van der Waals surface area contributed by atoms with Gasteiger partial charge in [0.1, 0.15) is 10.8 Å². The van der Waals surface area contributed by atoms with Gasteiger partial charge in [-0.2, -0.15) is 10.1 Å². The summed E-state index contributed by atoms with van der Waals surface area (Å²) in [6.07, 6.45) is 6.92. The van der Waals surface area contributed by atoms with Crippen LogP contribution in [0.5, 0.6) is 11.6 Å². The average Bonchev–Trinajstić information content (AvgIpc) is 3.37. The van der Waals surface area contributed by atoms with Crippen molar-refractivity contribution in [3.05, 3.63) is 75.5 Å². The van der Waals surface area contributed by atoms with Crippen molar-refractivity contribution in [3.63, 3.8) is 0 Å². The number of nitrogens with zero attached hydrogens (tertiary/aromatic N) is 3. The Morgan fingerprint density at radius 1 is 1.10 bits per heavy atom. The van der Waals surface area contributed by atoms with Crippen LogP contribution < -0.4 is 26.4 Å². The molecule has 0 unspecified atom stereocenters. The van der Waals surface area contributed by atoms with Crippen LogP contribution in [0.1, 0.15) is 41.4 Å². The minimum absolute atomic E-state index is 0.0530. The maximum absolute atomic E-state index is 12.4. The van der Waals surface area contributed by atoms with Crippen molar-refractivity contribution in [2.45, 2.75) is 19.8 Å². The number of hydrogen-bond acceptors (Lipinski definition) is 7. The normalized spacial score (nSPS) is 10.6. The highest BCUT2D eigenvalue weighted by Gasteiger charge is 2.16. The highest BCUT2D eigenvalue weighted by Crippen LogP contribution is 2.39. The first-order valence-corrected chi connectivity index (χ1v) is 12.2. The molecule has 13 heteroatoms. The lowest BCUT2D eigenvalue weighted by molar-refractivity contribution is 0.1000. The largest absolute Gasteiger partial charge is 0.437 e. The van der Waals surface area contributed by atoms with Gasteiger partial charge in [0.2, 0.25) is 17.7 Å². The summed E-state index contributed by atoms with van der Waals surface area (Å²) in [7, 11) is 0. The van der Waals surface area contributed by atoms with Crippen molar-refractivity contribution < 1.29 is 14.3 Å². The van der Waals surface area contributed by atoms with E-state index in [1.165, 1.54) is 36.5 Å². The Hall–Kier alpha value is -4.79. The number of H-pyrrole nitrogens is 1.